The molecule has 1 aromatic rings. The van der Waals surface area contributed by atoms with Gasteiger partial charge in [0.15, 0.2) is 11.5 Å². The maximum atomic E-state index is 11.6. The van der Waals surface area contributed by atoms with Crippen LogP contribution < -0.4 is 15.2 Å². The van der Waals surface area contributed by atoms with Crippen LogP contribution in [0.3, 0.4) is 0 Å². The molecule has 2 fully saturated rings. The molecular weight excluding hydrogens is 320 g/mol. The Bertz CT molecular complexity index is 636. The molecule has 6 heteroatoms. The first-order valence-electron chi connectivity index (χ1n) is 8.95. The molecule has 3 atom stereocenters. The van der Waals surface area contributed by atoms with Gasteiger partial charge in [0.1, 0.15) is 0 Å². The van der Waals surface area contributed by atoms with E-state index in [0.717, 1.165) is 31.2 Å². The number of aliphatic hydroxyl groups is 1. The minimum atomic E-state index is -0.662. The number of hydrogen-bond donors (Lipinski definition) is 2. The van der Waals surface area contributed by atoms with Crippen LogP contribution in [0.2, 0.25) is 0 Å². The molecule has 1 aromatic carbocycles. The molecule has 0 radical (unpaired) electrons. The summed E-state index contributed by atoms with van der Waals surface area (Å²) in [6.45, 7) is 0.862. The topological polar surface area (TPSA) is 85.0 Å². The molecule has 1 saturated carbocycles. The Morgan fingerprint density at radius 3 is 2.72 bits per heavy atom. The zero-order valence-electron chi connectivity index (χ0n) is 15.0. The van der Waals surface area contributed by atoms with Gasteiger partial charge in [0.05, 0.1) is 26.4 Å². The summed E-state index contributed by atoms with van der Waals surface area (Å²) < 4.78 is 10.8. The quantitative estimate of drug-likeness (QED) is 0.848. The average Bonchev–Trinajstić information content (AvgIpc) is 2.60. The van der Waals surface area contributed by atoms with Gasteiger partial charge in [-0.05, 0) is 37.0 Å². The van der Waals surface area contributed by atoms with Gasteiger partial charge in [0.25, 0.3) is 0 Å². The first kappa shape index (κ1) is 18.0. The number of fused-ring (bicyclic) bond motifs is 1. The van der Waals surface area contributed by atoms with Crippen molar-refractivity contribution in [2.75, 3.05) is 27.3 Å². The van der Waals surface area contributed by atoms with Crippen molar-refractivity contribution in [2.24, 2.45) is 11.7 Å². The maximum absolute atomic E-state index is 11.6. The van der Waals surface area contributed by atoms with E-state index in [1.54, 1.807) is 14.2 Å². The van der Waals surface area contributed by atoms with E-state index in [1.807, 2.05) is 18.2 Å². The van der Waals surface area contributed by atoms with Crippen molar-refractivity contribution in [3.63, 3.8) is 0 Å². The molecule has 25 heavy (non-hydrogen) atoms. The van der Waals surface area contributed by atoms with Gasteiger partial charge in [-0.25, -0.2) is 0 Å². The van der Waals surface area contributed by atoms with Crippen molar-refractivity contribution in [3.8, 4) is 11.5 Å². The summed E-state index contributed by atoms with van der Waals surface area (Å²) in [6.07, 6.45) is 4.62. The lowest BCUT2D eigenvalue weighted by atomic mass is 9.66. The highest BCUT2D eigenvalue weighted by atomic mass is 16.5. The number of nitrogens with zero attached hydrogens (tertiary/aromatic N) is 1. The molecule has 1 amide bonds. The highest BCUT2D eigenvalue weighted by Crippen LogP contribution is 2.49. The number of ether oxygens (including phenoxy) is 2. The van der Waals surface area contributed by atoms with Crippen LogP contribution in [-0.4, -0.2) is 48.8 Å². The van der Waals surface area contributed by atoms with Gasteiger partial charge in [0.2, 0.25) is 5.91 Å². The highest BCUT2D eigenvalue weighted by Gasteiger charge is 2.49. The number of hydrogen-bond acceptors (Lipinski definition) is 5. The summed E-state index contributed by atoms with van der Waals surface area (Å²) in [5.74, 6) is 1.07. The lowest BCUT2D eigenvalue weighted by molar-refractivity contribution is -0.136. The van der Waals surface area contributed by atoms with Crippen LogP contribution in [-0.2, 0) is 4.79 Å². The van der Waals surface area contributed by atoms with Crippen LogP contribution in [0.4, 0.5) is 0 Å². The van der Waals surface area contributed by atoms with E-state index in [-0.39, 0.29) is 24.4 Å². The number of nitrogens with two attached hydrogens (primary N) is 1. The van der Waals surface area contributed by atoms with E-state index in [1.165, 1.54) is 0 Å². The van der Waals surface area contributed by atoms with Crippen LogP contribution in [0.15, 0.2) is 18.2 Å². The molecule has 6 nitrogen and oxygen atoms in total. The summed E-state index contributed by atoms with van der Waals surface area (Å²) in [4.78, 5) is 13.7. The van der Waals surface area contributed by atoms with Gasteiger partial charge < -0.3 is 20.3 Å². The van der Waals surface area contributed by atoms with Gasteiger partial charge in [-0.3, -0.25) is 9.69 Å². The SMILES string of the molecule is COc1ccc([C@@H]2[C@H]3CCCC[C@@]3(O)CCN2CC(N)=O)cc1OC. The molecule has 3 rings (SSSR count). The summed E-state index contributed by atoms with van der Waals surface area (Å²) in [6, 6.07) is 5.79. The molecule has 0 aromatic heterocycles. The van der Waals surface area contributed by atoms with Crippen LogP contribution in [0.1, 0.15) is 43.7 Å². The third kappa shape index (κ3) is 3.46. The Kier molecular flexibility index (Phi) is 5.20. The van der Waals surface area contributed by atoms with Crippen molar-refractivity contribution in [3.05, 3.63) is 23.8 Å². The number of likely N-dealkylation sites (tertiary alicyclic amines) is 1. The zero-order valence-corrected chi connectivity index (χ0v) is 15.0. The summed E-state index contributed by atoms with van der Waals surface area (Å²) in [5.41, 5.74) is 5.85. The van der Waals surface area contributed by atoms with Crippen LogP contribution in [0, 0.1) is 5.92 Å². The Labute approximate surface area is 148 Å². The highest BCUT2D eigenvalue weighted by molar-refractivity contribution is 5.76. The Morgan fingerprint density at radius 1 is 1.28 bits per heavy atom. The van der Waals surface area contributed by atoms with Gasteiger partial charge in [-0.2, -0.15) is 0 Å². The van der Waals surface area contributed by atoms with Gasteiger partial charge >= 0.3 is 0 Å². The van der Waals surface area contributed by atoms with E-state index >= 15 is 0 Å². The first-order chi connectivity index (χ1) is 12.0. The van der Waals surface area contributed by atoms with Gasteiger partial charge in [0, 0.05) is 18.5 Å². The standard InChI is InChI=1S/C19H28N2O4/c1-24-15-7-6-13(11-16(15)25-2)18-14-5-3-4-8-19(14,23)9-10-21(18)12-17(20)22/h6-7,11,14,18,23H,3-5,8-10,12H2,1-2H3,(H2,20,22)/t14-,18-,19-/m1/s1. The average molecular weight is 348 g/mol. The second-order valence-corrected chi connectivity index (χ2v) is 7.20. The fourth-order valence-electron chi connectivity index (χ4n) is 4.60. The molecule has 3 N–H and O–H groups in total. The second-order valence-electron chi connectivity index (χ2n) is 7.20. The maximum Gasteiger partial charge on any atom is 0.231 e. The molecule has 1 heterocycles. The Hall–Kier alpha value is -1.79. The molecule has 0 spiro atoms. The zero-order chi connectivity index (χ0) is 18.0. The number of amides is 1. The smallest absolute Gasteiger partial charge is 0.231 e. The molecular formula is C19H28N2O4. The van der Waals surface area contributed by atoms with Crippen molar-refractivity contribution in [1.82, 2.24) is 4.90 Å². The number of piperidine rings is 1. The van der Waals surface area contributed by atoms with E-state index in [4.69, 9.17) is 15.2 Å². The largest absolute Gasteiger partial charge is 0.493 e. The number of primary amides is 1. The van der Waals surface area contributed by atoms with Gasteiger partial charge in [-0.15, -0.1) is 0 Å². The van der Waals surface area contributed by atoms with Crippen LogP contribution in [0.25, 0.3) is 0 Å². The number of methoxy groups -OCH3 is 2. The van der Waals surface area contributed by atoms with E-state index < -0.39 is 5.60 Å². The minimum Gasteiger partial charge on any atom is -0.493 e. The van der Waals surface area contributed by atoms with Crippen LogP contribution >= 0.6 is 0 Å². The first-order valence-corrected chi connectivity index (χ1v) is 8.95. The molecule has 0 unspecified atom stereocenters. The van der Waals surface area contributed by atoms with E-state index in [2.05, 4.69) is 4.90 Å². The number of carbonyl (C=O) groups excluding carboxylic acids is 1. The lowest BCUT2D eigenvalue weighted by Gasteiger charge is -2.52. The summed E-state index contributed by atoms with van der Waals surface area (Å²) >= 11 is 0. The van der Waals surface area contributed by atoms with Crippen molar-refractivity contribution in [2.45, 2.75) is 43.7 Å². The molecule has 138 valence electrons. The molecule has 1 aliphatic heterocycles. The monoisotopic (exact) mass is 348 g/mol. The Balaban J connectivity index is 2.01. The van der Waals surface area contributed by atoms with Gasteiger partial charge in [-0.1, -0.05) is 18.9 Å². The normalized spacial score (nSPS) is 29.7. The van der Waals surface area contributed by atoms with E-state index in [0.29, 0.717) is 24.5 Å². The second kappa shape index (κ2) is 7.22. The fraction of sp³-hybridized carbons (Fsp3) is 0.632. The predicted molar refractivity (Wildman–Crippen MR) is 94.6 cm³/mol. The number of carbonyl (C=O) groups is 1. The predicted octanol–water partition coefficient (Wildman–Crippen LogP) is 1.86. The fourth-order valence-corrected chi connectivity index (χ4v) is 4.60. The Morgan fingerprint density at radius 2 is 2.04 bits per heavy atom. The minimum absolute atomic E-state index is 0.0497. The third-order valence-corrected chi connectivity index (χ3v) is 5.78. The van der Waals surface area contributed by atoms with Crippen molar-refractivity contribution in [1.29, 1.82) is 0 Å². The molecule has 1 saturated heterocycles. The third-order valence-electron chi connectivity index (χ3n) is 5.78. The summed E-state index contributed by atoms with van der Waals surface area (Å²) in [5, 5.41) is 11.2. The number of rotatable bonds is 5. The van der Waals surface area contributed by atoms with Crippen molar-refractivity contribution < 1.29 is 19.4 Å². The van der Waals surface area contributed by atoms with Crippen molar-refractivity contribution >= 4 is 5.91 Å². The number of benzene rings is 1. The molecule has 0 bridgehead atoms. The summed E-state index contributed by atoms with van der Waals surface area (Å²) in [7, 11) is 3.22. The van der Waals surface area contributed by atoms with Crippen LogP contribution in [0.5, 0.6) is 11.5 Å². The molecule has 1 aliphatic carbocycles. The molecule has 2 aliphatic rings. The van der Waals surface area contributed by atoms with E-state index in [9.17, 15) is 9.90 Å². The lowest BCUT2D eigenvalue weighted by Crippen LogP contribution is -2.56.